The molecule has 2 fully saturated rings. The molecule has 1 N–H and O–H groups in total. The molecule has 2 rings (SSSR count). The van der Waals surface area contributed by atoms with Gasteiger partial charge in [0.05, 0.1) is 5.60 Å². The van der Waals surface area contributed by atoms with E-state index in [2.05, 4.69) is 18.5 Å². The summed E-state index contributed by atoms with van der Waals surface area (Å²) in [7, 11) is 2.19. The lowest BCUT2D eigenvalue weighted by atomic mass is 9.69. The molecule has 1 saturated heterocycles. The lowest BCUT2D eigenvalue weighted by Crippen LogP contribution is -2.56. The molecule has 2 nitrogen and oxygen atoms in total. The number of likely N-dealkylation sites (tertiary alicyclic amines) is 1. The summed E-state index contributed by atoms with van der Waals surface area (Å²) in [5, 5.41) is 10.4. The fraction of sp³-hybridized carbons (Fsp3) is 0.833. The lowest BCUT2D eigenvalue weighted by molar-refractivity contribution is -0.0762. The Morgan fingerprint density at radius 1 is 1.40 bits per heavy atom. The van der Waals surface area contributed by atoms with Gasteiger partial charge in [-0.1, -0.05) is 18.9 Å². The maximum Gasteiger partial charge on any atom is 0.0880 e. The van der Waals surface area contributed by atoms with Crippen LogP contribution in [0.5, 0.6) is 0 Å². The smallest absolute Gasteiger partial charge is 0.0880 e. The predicted molar refractivity (Wildman–Crippen MR) is 65.4 cm³/mol. The highest BCUT2D eigenvalue weighted by atomic mass is 35.5. The Hall–Kier alpha value is -0.0500. The molecule has 0 bridgehead atoms. The van der Waals surface area contributed by atoms with Gasteiger partial charge in [-0.2, -0.15) is 0 Å². The third kappa shape index (κ3) is 2.22. The Morgan fingerprint density at radius 2 is 2.07 bits per heavy atom. The first-order chi connectivity index (χ1) is 6.67. The Labute approximate surface area is 98.8 Å². The quantitative estimate of drug-likeness (QED) is 0.700. The van der Waals surface area contributed by atoms with Crippen LogP contribution in [-0.4, -0.2) is 35.2 Å². The maximum atomic E-state index is 10.4. The van der Waals surface area contributed by atoms with Gasteiger partial charge in [-0.05, 0) is 26.3 Å². The Morgan fingerprint density at radius 3 is 2.73 bits per heavy atom. The molecule has 0 aromatic heterocycles. The van der Waals surface area contributed by atoms with Crippen LogP contribution in [0.4, 0.5) is 0 Å². The van der Waals surface area contributed by atoms with Crippen molar-refractivity contribution in [2.24, 2.45) is 5.92 Å². The number of nitrogens with zero attached hydrogens (tertiary/aromatic N) is 1. The fourth-order valence-electron chi connectivity index (χ4n) is 3.18. The number of piperidine rings is 1. The monoisotopic (exact) mass is 231 g/mol. The van der Waals surface area contributed by atoms with Crippen LogP contribution in [0.1, 0.15) is 32.1 Å². The highest BCUT2D eigenvalue weighted by Gasteiger charge is 2.45. The van der Waals surface area contributed by atoms with E-state index < -0.39 is 5.60 Å². The first kappa shape index (κ1) is 13.0. The molecule has 88 valence electrons. The van der Waals surface area contributed by atoms with Crippen molar-refractivity contribution in [3.8, 4) is 0 Å². The van der Waals surface area contributed by atoms with Crippen molar-refractivity contribution in [3.63, 3.8) is 0 Å². The van der Waals surface area contributed by atoms with Crippen molar-refractivity contribution in [2.75, 3.05) is 13.6 Å². The molecule has 0 spiro atoms. The van der Waals surface area contributed by atoms with Gasteiger partial charge in [0, 0.05) is 18.5 Å². The van der Waals surface area contributed by atoms with E-state index in [1.54, 1.807) is 6.08 Å². The minimum absolute atomic E-state index is 0. The zero-order valence-corrected chi connectivity index (χ0v) is 10.3. The number of fused-ring (bicyclic) bond motifs is 1. The van der Waals surface area contributed by atoms with Gasteiger partial charge in [0.2, 0.25) is 0 Å². The standard InChI is InChI=1S/C12H21NO.ClH/c1-3-12(14)8-9-13(2)11-7-5-4-6-10(11)12;/h3,10-11,14H,1,4-9H2,2H3;1H. The molecular formula is C12H22ClNO. The van der Waals surface area contributed by atoms with Crippen molar-refractivity contribution in [1.82, 2.24) is 4.90 Å². The van der Waals surface area contributed by atoms with Crippen LogP contribution in [0, 0.1) is 5.92 Å². The van der Waals surface area contributed by atoms with Gasteiger partial charge in [-0.25, -0.2) is 0 Å². The molecule has 2 aliphatic rings. The van der Waals surface area contributed by atoms with Gasteiger partial charge in [0.15, 0.2) is 0 Å². The second kappa shape index (κ2) is 4.86. The van der Waals surface area contributed by atoms with Crippen molar-refractivity contribution >= 4 is 12.4 Å². The van der Waals surface area contributed by atoms with Crippen LogP contribution >= 0.6 is 12.4 Å². The SMILES string of the molecule is C=CC1(O)CCN(C)C2CCCCC21.Cl. The van der Waals surface area contributed by atoms with Crippen LogP contribution in [0.15, 0.2) is 12.7 Å². The van der Waals surface area contributed by atoms with Gasteiger partial charge in [-0.3, -0.25) is 0 Å². The van der Waals surface area contributed by atoms with E-state index in [9.17, 15) is 5.11 Å². The van der Waals surface area contributed by atoms with Crippen LogP contribution in [0.25, 0.3) is 0 Å². The van der Waals surface area contributed by atoms with Crippen molar-refractivity contribution < 1.29 is 5.11 Å². The predicted octanol–water partition coefficient (Wildman–Crippen LogP) is 2.22. The van der Waals surface area contributed by atoms with E-state index >= 15 is 0 Å². The normalized spacial score (nSPS) is 41.5. The molecule has 3 heteroatoms. The van der Waals surface area contributed by atoms with Crippen LogP contribution in [-0.2, 0) is 0 Å². The molecular weight excluding hydrogens is 210 g/mol. The van der Waals surface area contributed by atoms with Crippen LogP contribution < -0.4 is 0 Å². The van der Waals surface area contributed by atoms with Crippen LogP contribution in [0.3, 0.4) is 0 Å². The largest absolute Gasteiger partial charge is 0.385 e. The summed E-state index contributed by atoms with van der Waals surface area (Å²) in [6.45, 7) is 4.81. The van der Waals surface area contributed by atoms with E-state index in [4.69, 9.17) is 0 Å². The maximum absolute atomic E-state index is 10.4. The molecule has 1 saturated carbocycles. The first-order valence-corrected chi connectivity index (χ1v) is 5.73. The first-order valence-electron chi connectivity index (χ1n) is 5.73. The lowest BCUT2D eigenvalue weighted by Gasteiger charge is -2.50. The van der Waals surface area contributed by atoms with Gasteiger partial charge in [0.1, 0.15) is 0 Å². The minimum Gasteiger partial charge on any atom is -0.385 e. The average Bonchev–Trinajstić information content (AvgIpc) is 2.24. The van der Waals surface area contributed by atoms with E-state index in [1.807, 2.05) is 0 Å². The zero-order valence-electron chi connectivity index (χ0n) is 9.48. The molecule has 0 aromatic carbocycles. The summed E-state index contributed by atoms with van der Waals surface area (Å²) in [5.74, 6) is 0.424. The summed E-state index contributed by atoms with van der Waals surface area (Å²) >= 11 is 0. The summed E-state index contributed by atoms with van der Waals surface area (Å²) in [5.41, 5.74) is -0.586. The summed E-state index contributed by atoms with van der Waals surface area (Å²) < 4.78 is 0. The number of hydrogen-bond acceptors (Lipinski definition) is 2. The number of halogens is 1. The molecule has 3 unspecified atom stereocenters. The summed E-state index contributed by atoms with van der Waals surface area (Å²) in [6, 6.07) is 0.584. The van der Waals surface area contributed by atoms with Gasteiger partial charge in [-0.15, -0.1) is 19.0 Å². The Bertz CT molecular complexity index is 234. The van der Waals surface area contributed by atoms with Crippen molar-refractivity contribution in [3.05, 3.63) is 12.7 Å². The molecule has 0 amide bonds. The van der Waals surface area contributed by atoms with Gasteiger partial charge < -0.3 is 10.0 Å². The molecule has 1 heterocycles. The van der Waals surface area contributed by atoms with E-state index in [-0.39, 0.29) is 12.4 Å². The summed E-state index contributed by atoms with van der Waals surface area (Å²) in [6.07, 6.45) is 7.63. The van der Waals surface area contributed by atoms with Crippen molar-refractivity contribution in [1.29, 1.82) is 0 Å². The van der Waals surface area contributed by atoms with E-state index in [0.29, 0.717) is 12.0 Å². The second-order valence-corrected chi connectivity index (χ2v) is 4.88. The molecule has 15 heavy (non-hydrogen) atoms. The van der Waals surface area contributed by atoms with Crippen LogP contribution in [0.2, 0.25) is 0 Å². The molecule has 0 aromatic rings. The Balaban J connectivity index is 0.00000112. The third-order valence-electron chi connectivity index (χ3n) is 4.16. The highest BCUT2D eigenvalue weighted by Crippen LogP contribution is 2.41. The third-order valence-corrected chi connectivity index (χ3v) is 4.16. The van der Waals surface area contributed by atoms with E-state index in [1.165, 1.54) is 19.3 Å². The molecule has 1 aliphatic carbocycles. The fourth-order valence-corrected chi connectivity index (χ4v) is 3.18. The van der Waals surface area contributed by atoms with E-state index in [0.717, 1.165) is 19.4 Å². The topological polar surface area (TPSA) is 23.5 Å². The number of rotatable bonds is 1. The zero-order chi connectivity index (χ0) is 10.2. The molecule has 1 aliphatic heterocycles. The minimum atomic E-state index is -0.586. The van der Waals surface area contributed by atoms with Crippen molar-refractivity contribution in [2.45, 2.75) is 43.7 Å². The summed E-state index contributed by atoms with van der Waals surface area (Å²) in [4.78, 5) is 2.42. The van der Waals surface area contributed by atoms with Gasteiger partial charge >= 0.3 is 0 Å². The van der Waals surface area contributed by atoms with Gasteiger partial charge in [0.25, 0.3) is 0 Å². The Kier molecular flexibility index (Phi) is 4.21. The second-order valence-electron chi connectivity index (χ2n) is 4.88. The number of aliphatic hydroxyl groups is 1. The highest BCUT2D eigenvalue weighted by molar-refractivity contribution is 5.85. The number of hydrogen-bond donors (Lipinski definition) is 1. The molecule has 3 atom stereocenters. The average molecular weight is 232 g/mol. The molecule has 0 radical (unpaired) electrons.